The van der Waals surface area contributed by atoms with Gasteiger partial charge in [0.15, 0.2) is 5.82 Å². The summed E-state index contributed by atoms with van der Waals surface area (Å²) in [6.45, 7) is 4.78. The minimum absolute atomic E-state index is 0.0668. The molecule has 18 heavy (non-hydrogen) atoms. The maximum Gasteiger partial charge on any atom is 0.308 e. The fraction of sp³-hybridized carbons (Fsp3) is 0.583. The molecule has 1 aromatic rings. The van der Waals surface area contributed by atoms with Crippen molar-refractivity contribution in [1.82, 2.24) is 9.55 Å². The Hall–Kier alpha value is -1.85. The van der Waals surface area contributed by atoms with E-state index in [0.717, 1.165) is 0 Å². The summed E-state index contributed by atoms with van der Waals surface area (Å²) in [5.74, 6) is -0.855. The molecular formula is C12H17N3O3. The van der Waals surface area contributed by atoms with Crippen molar-refractivity contribution in [2.75, 3.05) is 18.0 Å². The van der Waals surface area contributed by atoms with E-state index in [1.165, 1.54) is 0 Å². The zero-order valence-electron chi connectivity index (χ0n) is 10.5. The number of rotatable bonds is 3. The molecule has 0 aliphatic carbocycles. The van der Waals surface area contributed by atoms with Crippen molar-refractivity contribution in [2.24, 2.45) is 5.92 Å². The Morgan fingerprint density at radius 1 is 1.56 bits per heavy atom. The van der Waals surface area contributed by atoms with E-state index in [4.69, 9.17) is 5.11 Å². The topological polar surface area (TPSA) is 75.4 Å². The van der Waals surface area contributed by atoms with Gasteiger partial charge in [-0.3, -0.25) is 9.59 Å². The van der Waals surface area contributed by atoms with Crippen LogP contribution in [0.25, 0.3) is 0 Å². The van der Waals surface area contributed by atoms with Crippen LogP contribution in [0.1, 0.15) is 26.3 Å². The Bertz CT molecular complexity index is 510. The lowest BCUT2D eigenvalue weighted by atomic mass is 10.1. The van der Waals surface area contributed by atoms with E-state index >= 15 is 0 Å². The molecule has 0 bridgehead atoms. The first-order chi connectivity index (χ1) is 8.50. The highest BCUT2D eigenvalue weighted by Crippen LogP contribution is 2.19. The third-order valence-electron chi connectivity index (χ3n) is 3.24. The van der Waals surface area contributed by atoms with Crippen molar-refractivity contribution in [3.05, 3.63) is 22.7 Å². The molecule has 2 rings (SSSR count). The van der Waals surface area contributed by atoms with Crippen LogP contribution in [0.2, 0.25) is 0 Å². The second kappa shape index (κ2) is 4.80. The van der Waals surface area contributed by atoms with Crippen molar-refractivity contribution in [3.63, 3.8) is 0 Å². The Labute approximate surface area is 105 Å². The lowest BCUT2D eigenvalue weighted by Gasteiger charge is -2.18. The van der Waals surface area contributed by atoms with Gasteiger partial charge in [0.25, 0.3) is 5.56 Å². The number of aliphatic carboxylic acids is 1. The van der Waals surface area contributed by atoms with Gasteiger partial charge in [-0.15, -0.1) is 0 Å². The average molecular weight is 251 g/mol. The molecule has 1 aliphatic rings. The van der Waals surface area contributed by atoms with E-state index in [2.05, 4.69) is 4.98 Å². The number of aromatic nitrogens is 2. The molecular weight excluding hydrogens is 234 g/mol. The normalized spacial score (nSPS) is 19.5. The van der Waals surface area contributed by atoms with Gasteiger partial charge in [-0.05, 0) is 20.3 Å². The number of nitrogens with zero attached hydrogens (tertiary/aromatic N) is 3. The van der Waals surface area contributed by atoms with Crippen LogP contribution in [-0.2, 0) is 4.79 Å². The van der Waals surface area contributed by atoms with Gasteiger partial charge in [0, 0.05) is 31.5 Å². The van der Waals surface area contributed by atoms with Crippen LogP contribution in [0.15, 0.2) is 17.2 Å². The summed E-state index contributed by atoms with van der Waals surface area (Å²) in [6, 6.07) is 0.0668. The zero-order valence-corrected chi connectivity index (χ0v) is 10.5. The van der Waals surface area contributed by atoms with Crippen molar-refractivity contribution < 1.29 is 9.90 Å². The molecule has 1 aliphatic heterocycles. The molecule has 98 valence electrons. The molecule has 6 heteroatoms. The highest BCUT2D eigenvalue weighted by Gasteiger charge is 2.30. The molecule has 1 atom stereocenters. The Morgan fingerprint density at radius 3 is 2.83 bits per heavy atom. The van der Waals surface area contributed by atoms with Crippen molar-refractivity contribution >= 4 is 11.8 Å². The van der Waals surface area contributed by atoms with E-state index in [0.29, 0.717) is 25.3 Å². The summed E-state index contributed by atoms with van der Waals surface area (Å²) >= 11 is 0. The molecule has 1 aromatic heterocycles. The molecule has 1 saturated heterocycles. The molecule has 0 spiro atoms. The molecule has 0 saturated carbocycles. The summed E-state index contributed by atoms with van der Waals surface area (Å²) in [4.78, 5) is 29.0. The first kappa shape index (κ1) is 12.6. The highest BCUT2D eigenvalue weighted by atomic mass is 16.4. The molecule has 0 aromatic carbocycles. The van der Waals surface area contributed by atoms with Gasteiger partial charge in [-0.2, -0.15) is 0 Å². The van der Waals surface area contributed by atoms with Crippen molar-refractivity contribution in [2.45, 2.75) is 26.3 Å². The highest BCUT2D eigenvalue weighted by molar-refractivity contribution is 5.71. The lowest BCUT2D eigenvalue weighted by molar-refractivity contribution is -0.140. The fourth-order valence-corrected chi connectivity index (χ4v) is 2.19. The minimum Gasteiger partial charge on any atom is -0.481 e. The Morgan fingerprint density at radius 2 is 2.28 bits per heavy atom. The van der Waals surface area contributed by atoms with E-state index in [1.807, 2.05) is 13.8 Å². The van der Waals surface area contributed by atoms with Gasteiger partial charge in [0.05, 0.1) is 5.92 Å². The largest absolute Gasteiger partial charge is 0.481 e. The number of carbonyl (C=O) groups is 1. The molecule has 1 fully saturated rings. The quantitative estimate of drug-likeness (QED) is 0.857. The number of hydrogen-bond donors (Lipinski definition) is 1. The Balaban J connectivity index is 2.28. The standard InChI is InChI=1S/C12H17N3O3/c1-8(2)15-6-4-13-10(11(15)16)14-5-3-9(7-14)12(17)18/h4,6,8-9H,3,5,7H2,1-2H3,(H,17,18). The third-order valence-corrected chi connectivity index (χ3v) is 3.24. The average Bonchev–Trinajstić information content (AvgIpc) is 2.78. The van der Waals surface area contributed by atoms with Crippen LogP contribution in [0.5, 0.6) is 0 Å². The van der Waals surface area contributed by atoms with Crippen LogP contribution in [-0.4, -0.2) is 33.7 Å². The zero-order chi connectivity index (χ0) is 13.3. The second-order valence-electron chi connectivity index (χ2n) is 4.83. The summed E-state index contributed by atoms with van der Waals surface area (Å²) in [7, 11) is 0. The first-order valence-corrected chi connectivity index (χ1v) is 6.05. The summed E-state index contributed by atoms with van der Waals surface area (Å²) in [5.41, 5.74) is -0.154. The number of carboxylic acid groups (broad SMARTS) is 1. The monoisotopic (exact) mass is 251 g/mol. The molecule has 0 amide bonds. The fourth-order valence-electron chi connectivity index (χ4n) is 2.19. The van der Waals surface area contributed by atoms with E-state index in [-0.39, 0.29) is 11.6 Å². The molecule has 6 nitrogen and oxygen atoms in total. The molecule has 1 unspecified atom stereocenters. The van der Waals surface area contributed by atoms with Gasteiger partial charge < -0.3 is 14.6 Å². The van der Waals surface area contributed by atoms with Crippen molar-refractivity contribution in [1.29, 1.82) is 0 Å². The summed E-state index contributed by atoms with van der Waals surface area (Å²) < 4.78 is 1.61. The summed E-state index contributed by atoms with van der Waals surface area (Å²) in [5, 5.41) is 8.96. The van der Waals surface area contributed by atoms with Gasteiger partial charge in [-0.25, -0.2) is 4.98 Å². The van der Waals surface area contributed by atoms with Crippen LogP contribution in [0.3, 0.4) is 0 Å². The minimum atomic E-state index is -0.808. The molecule has 1 N–H and O–H groups in total. The second-order valence-corrected chi connectivity index (χ2v) is 4.83. The van der Waals surface area contributed by atoms with Gasteiger partial charge in [-0.1, -0.05) is 0 Å². The van der Waals surface area contributed by atoms with Crippen molar-refractivity contribution in [3.8, 4) is 0 Å². The summed E-state index contributed by atoms with van der Waals surface area (Å²) in [6.07, 6.45) is 3.80. The number of hydrogen-bond acceptors (Lipinski definition) is 4. The Kier molecular flexibility index (Phi) is 3.36. The number of anilines is 1. The van der Waals surface area contributed by atoms with Crippen LogP contribution < -0.4 is 10.5 Å². The van der Waals surface area contributed by atoms with Crippen LogP contribution in [0.4, 0.5) is 5.82 Å². The van der Waals surface area contributed by atoms with E-state index in [9.17, 15) is 9.59 Å². The maximum absolute atomic E-state index is 12.2. The SMILES string of the molecule is CC(C)n1ccnc(N2CCC(C(=O)O)C2)c1=O. The molecule has 0 radical (unpaired) electrons. The maximum atomic E-state index is 12.2. The van der Waals surface area contributed by atoms with Gasteiger partial charge in [0.1, 0.15) is 0 Å². The van der Waals surface area contributed by atoms with Crippen LogP contribution >= 0.6 is 0 Å². The predicted octanol–water partition coefficient (Wildman–Crippen LogP) is 0.735. The lowest BCUT2D eigenvalue weighted by Crippen LogP contribution is -2.33. The van der Waals surface area contributed by atoms with E-state index in [1.54, 1.807) is 21.9 Å². The van der Waals surface area contributed by atoms with E-state index < -0.39 is 11.9 Å². The molecule has 2 heterocycles. The van der Waals surface area contributed by atoms with Gasteiger partial charge in [0.2, 0.25) is 0 Å². The smallest absolute Gasteiger partial charge is 0.308 e. The predicted molar refractivity (Wildman–Crippen MR) is 66.8 cm³/mol. The first-order valence-electron chi connectivity index (χ1n) is 6.05. The van der Waals surface area contributed by atoms with Gasteiger partial charge >= 0.3 is 5.97 Å². The third kappa shape index (κ3) is 2.23. The number of carboxylic acids is 1. The van der Waals surface area contributed by atoms with Crippen LogP contribution in [0, 0.1) is 5.92 Å².